The number of rotatable bonds is 3. The number of anilines is 1. The fraction of sp³-hybridized carbons (Fsp3) is 0.105. The van der Waals surface area contributed by atoms with Crippen LogP contribution in [0, 0.1) is 0 Å². The molecule has 1 aliphatic rings. The highest BCUT2D eigenvalue weighted by atomic mass is 16.6. The van der Waals surface area contributed by atoms with Gasteiger partial charge in [0.1, 0.15) is 12.4 Å². The quantitative estimate of drug-likeness (QED) is 0.798. The summed E-state index contributed by atoms with van der Waals surface area (Å²) in [6.07, 6.45) is 4.45. The molecule has 4 rings (SSSR count). The first-order chi connectivity index (χ1) is 12.3. The molecule has 1 aliphatic heterocycles. The van der Waals surface area contributed by atoms with Crippen LogP contribution in [0.1, 0.15) is 0 Å². The van der Waals surface area contributed by atoms with E-state index in [-0.39, 0.29) is 12.5 Å². The van der Waals surface area contributed by atoms with E-state index in [1.165, 1.54) is 0 Å². The molecular formula is C19H15N3O3. The molecule has 124 valence electrons. The molecular weight excluding hydrogens is 318 g/mol. The van der Waals surface area contributed by atoms with Gasteiger partial charge < -0.3 is 14.8 Å². The average molecular weight is 333 g/mol. The number of carbonyl (C=O) groups excluding carboxylic acids is 1. The predicted molar refractivity (Wildman–Crippen MR) is 92.5 cm³/mol. The van der Waals surface area contributed by atoms with E-state index >= 15 is 0 Å². The minimum atomic E-state index is -0.712. The molecule has 1 amide bonds. The van der Waals surface area contributed by atoms with Crippen LogP contribution in [0.5, 0.6) is 11.5 Å². The molecule has 3 aromatic rings. The fourth-order valence-electron chi connectivity index (χ4n) is 2.54. The Labute approximate surface area is 144 Å². The first-order valence-corrected chi connectivity index (χ1v) is 7.85. The second-order valence-corrected chi connectivity index (χ2v) is 5.52. The summed E-state index contributed by atoms with van der Waals surface area (Å²) in [5.74, 6) is 1.38. The highest BCUT2D eigenvalue weighted by Gasteiger charge is 2.27. The number of hydrogen-bond donors (Lipinski definition) is 1. The summed E-state index contributed by atoms with van der Waals surface area (Å²) < 4.78 is 11.2. The summed E-state index contributed by atoms with van der Waals surface area (Å²) in [7, 11) is 0. The maximum absolute atomic E-state index is 12.4. The van der Waals surface area contributed by atoms with Gasteiger partial charge in [-0.15, -0.1) is 0 Å². The van der Waals surface area contributed by atoms with Crippen molar-refractivity contribution in [3.05, 3.63) is 67.1 Å². The Kier molecular flexibility index (Phi) is 4.00. The molecule has 1 aromatic carbocycles. The van der Waals surface area contributed by atoms with Gasteiger partial charge >= 0.3 is 0 Å². The highest BCUT2D eigenvalue weighted by molar-refractivity contribution is 5.94. The van der Waals surface area contributed by atoms with Crippen LogP contribution in [0.25, 0.3) is 11.1 Å². The molecule has 6 nitrogen and oxygen atoms in total. The van der Waals surface area contributed by atoms with Crippen LogP contribution in [0.15, 0.2) is 67.1 Å². The second-order valence-electron chi connectivity index (χ2n) is 5.52. The minimum absolute atomic E-state index is 0.165. The van der Waals surface area contributed by atoms with Crippen molar-refractivity contribution >= 4 is 11.7 Å². The van der Waals surface area contributed by atoms with E-state index in [2.05, 4.69) is 15.3 Å². The molecule has 0 bridgehead atoms. The van der Waals surface area contributed by atoms with E-state index in [1.54, 1.807) is 30.7 Å². The number of pyridine rings is 2. The van der Waals surface area contributed by atoms with Gasteiger partial charge in [0.15, 0.2) is 11.5 Å². The Hall–Kier alpha value is -3.41. The Morgan fingerprint density at radius 3 is 2.56 bits per heavy atom. The summed E-state index contributed by atoms with van der Waals surface area (Å²) in [5.41, 5.74) is 1.97. The Morgan fingerprint density at radius 2 is 1.80 bits per heavy atom. The fourth-order valence-corrected chi connectivity index (χ4v) is 2.54. The zero-order valence-corrected chi connectivity index (χ0v) is 13.3. The Morgan fingerprint density at radius 1 is 1.00 bits per heavy atom. The zero-order valence-electron chi connectivity index (χ0n) is 13.3. The van der Waals surface area contributed by atoms with E-state index < -0.39 is 6.10 Å². The van der Waals surface area contributed by atoms with Crippen molar-refractivity contribution in [3.63, 3.8) is 0 Å². The SMILES string of the molecule is O=C(Nc1ccc(-c2ccncc2)cn1)C1COc2ccccc2O1. The van der Waals surface area contributed by atoms with E-state index in [4.69, 9.17) is 9.47 Å². The lowest BCUT2D eigenvalue weighted by Gasteiger charge is -2.25. The van der Waals surface area contributed by atoms with Crippen molar-refractivity contribution in [3.8, 4) is 22.6 Å². The van der Waals surface area contributed by atoms with Crippen molar-refractivity contribution in [2.75, 3.05) is 11.9 Å². The molecule has 2 aromatic heterocycles. The summed E-state index contributed by atoms with van der Waals surface area (Å²) in [6.45, 7) is 0.165. The summed E-state index contributed by atoms with van der Waals surface area (Å²) in [5, 5.41) is 2.75. The minimum Gasteiger partial charge on any atom is -0.485 e. The number of aromatic nitrogens is 2. The number of nitrogens with zero attached hydrogens (tertiary/aromatic N) is 2. The number of ether oxygens (including phenoxy) is 2. The molecule has 0 fully saturated rings. The van der Waals surface area contributed by atoms with Gasteiger partial charge in [-0.2, -0.15) is 0 Å². The van der Waals surface area contributed by atoms with Crippen molar-refractivity contribution in [1.82, 2.24) is 9.97 Å². The molecule has 0 radical (unpaired) electrons. The number of carbonyl (C=O) groups is 1. The lowest BCUT2D eigenvalue weighted by Crippen LogP contribution is -2.40. The van der Waals surface area contributed by atoms with Crippen molar-refractivity contribution < 1.29 is 14.3 Å². The Balaban J connectivity index is 1.43. The first-order valence-electron chi connectivity index (χ1n) is 7.85. The third kappa shape index (κ3) is 3.28. The van der Waals surface area contributed by atoms with Gasteiger partial charge in [-0.1, -0.05) is 12.1 Å². The van der Waals surface area contributed by atoms with E-state index in [1.807, 2.05) is 36.4 Å². The number of hydrogen-bond acceptors (Lipinski definition) is 5. The van der Waals surface area contributed by atoms with Gasteiger partial charge in [-0.3, -0.25) is 9.78 Å². The summed E-state index contributed by atoms with van der Waals surface area (Å²) in [6, 6.07) is 14.7. The van der Waals surface area contributed by atoms with Crippen LogP contribution >= 0.6 is 0 Å². The van der Waals surface area contributed by atoms with Gasteiger partial charge in [0.2, 0.25) is 6.10 Å². The number of amides is 1. The molecule has 25 heavy (non-hydrogen) atoms. The van der Waals surface area contributed by atoms with Gasteiger partial charge in [0, 0.05) is 24.2 Å². The third-order valence-corrected chi connectivity index (χ3v) is 3.83. The molecule has 0 saturated heterocycles. The number of para-hydroxylation sites is 2. The summed E-state index contributed by atoms with van der Waals surface area (Å²) >= 11 is 0. The molecule has 0 saturated carbocycles. The predicted octanol–water partition coefficient (Wildman–Crippen LogP) is 2.92. The van der Waals surface area contributed by atoms with E-state index in [0.29, 0.717) is 17.3 Å². The van der Waals surface area contributed by atoms with Crippen LogP contribution in [0.4, 0.5) is 5.82 Å². The maximum atomic E-state index is 12.4. The van der Waals surface area contributed by atoms with Crippen LogP contribution in [-0.2, 0) is 4.79 Å². The molecule has 1 unspecified atom stereocenters. The molecule has 6 heteroatoms. The monoisotopic (exact) mass is 333 g/mol. The van der Waals surface area contributed by atoms with Crippen LogP contribution < -0.4 is 14.8 Å². The summed E-state index contributed by atoms with van der Waals surface area (Å²) in [4.78, 5) is 20.6. The Bertz CT molecular complexity index is 882. The smallest absolute Gasteiger partial charge is 0.270 e. The lowest BCUT2D eigenvalue weighted by atomic mass is 10.1. The largest absolute Gasteiger partial charge is 0.485 e. The van der Waals surface area contributed by atoms with Crippen LogP contribution in [0.2, 0.25) is 0 Å². The topological polar surface area (TPSA) is 73.3 Å². The normalized spacial score (nSPS) is 15.4. The standard InChI is InChI=1S/C19H15N3O3/c23-19(17-12-24-15-3-1-2-4-16(15)25-17)22-18-6-5-14(11-21-18)13-7-9-20-10-8-13/h1-11,17H,12H2,(H,21,22,23). The lowest BCUT2D eigenvalue weighted by molar-refractivity contribution is -0.125. The number of benzene rings is 1. The maximum Gasteiger partial charge on any atom is 0.270 e. The molecule has 0 aliphatic carbocycles. The molecule has 1 atom stereocenters. The average Bonchev–Trinajstić information content (AvgIpc) is 2.69. The molecule has 0 spiro atoms. The first kappa shape index (κ1) is 15.1. The highest BCUT2D eigenvalue weighted by Crippen LogP contribution is 2.31. The van der Waals surface area contributed by atoms with Crippen LogP contribution in [-0.4, -0.2) is 28.6 Å². The van der Waals surface area contributed by atoms with E-state index in [9.17, 15) is 4.79 Å². The molecule has 3 heterocycles. The van der Waals surface area contributed by atoms with Gasteiger partial charge in [-0.25, -0.2) is 4.98 Å². The number of nitrogens with one attached hydrogen (secondary N) is 1. The van der Waals surface area contributed by atoms with Gasteiger partial charge in [0.05, 0.1) is 0 Å². The van der Waals surface area contributed by atoms with Crippen molar-refractivity contribution in [1.29, 1.82) is 0 Å². The zero-order chi connectivity index (χ0) is 17.1. The second kappa shape index (κ2) is 6.60. The molecule has 1 N–H and O–H groups in total. The van der Waals surface area contributed by atoms with Crippen molar-refractivity contribution in [2.24, 2.45) is 0 Å². The van der Waals surface area contributed by atoms with Crippen molar-refractivity contribution in [2.45, 2.75) is 6.10 Å². The number of fused-ring (bicyclic) bond motifs is 1. The van der Waals surface area contributed by atoms with Crippen LogP contribution in [0.3, 0.4) is 0 Å². The third-order valence-electron chi connectivity index (χ3n) is 3.83. The van der Waals surface area contributed by atoms with Gasteiger partial charge in [0.25, 0.3) is 5.91 Å². The van der Waals surface area contributed by atoms with Gasteiger partial charge in [-0.05, 0) is 42.0 Å². The van der Waals surface area contributed by atoms with E-state index in [0.717, 1.165) is 11.1 Å².